The van der Waals surface area contributed by atoms with Gasteiger partial charge in [0.05, 0.1) is 30.1 Å². The topological polar surface area (TPSA) is 154 Å². The van der Waals surface area contributed by atoms with Gasteiger partial charge in [-0.25, -0.2) is 14.6 Å². The van der Waals surface area contributed by atoms with Crippen LogP contribution in [0.3, 0.4) is 0 Å². The molecule has 2 aromatic carbocycles. The highest BCUT2D eigenvalue weighted by Crippen LogP contribution is 2.45. The van der Waals surface area contributed by atoms with E-state index < -0.39 is 41.8 Å². The van der Waals surface area contributed by atoms with Gasteiger partial charge < -0.3 is 29.0 Å². The Balaban J connectivity index is 0.960. The highest BCUT2D eigenvalue weighted by molar-refractivity contribution is 5.95. The fraction of sp³-hybridized carbons (Fsp3) is 0.672. The Bertz CT molecular complexity index is 2920. The van der Waals surface area contributed by atoms with E-state index in [0.29, 0.717) is 70.1 Å². The molecule has 1 unspecified atom stereocenters. The van der Waals surface area contributed by atoms with E-state index >= 15 is 14.0 Å². The maximum Gasteiger partial charge on any atom is 0.410 e. The number of amides is 3. The molecule has 5 saturated heterocycles. The van der Waals surface area contributed by atoms with Crippen molar-refractivity contribution in [3.05, 3.63) is 64.5 Å². The normalized spacial score (nSPS) is 28.0. The molecule has 1 spiro atoms. The molecule has 17 heteroatoms. The molecule has 81 heavy (non-hydrogen) atoms. The number of aliphatic imine (C=N–C) groups is 1. The third-order valence-electron chi connectivity index (χ3n) is 19.4. The van der Waals surface area contributed by atoms with Crippen LogP contribution in [0.2, 0.25) is 0 Å². The summed E-state index contributed by atoms with van der Waals surface area (Å²) < 4.78 is 36.0. The van der Waals surface area contributed by atoms with Crippen molar-refractivity contribution < 1.29 is 37.8 Å². The van der Waals surface area contributed by atoms with Gasteiger partial charge in [-0.3, -0.25) is 39.1 Å². The summed E-state index contributed by atoms with van der Waals surface area (Å²) in [7, 11) is 1.75. The molecule has 16 nitrogen and oxygen atoms in total. The summed E-state index contributed by atoms with van der Waals surface area (Å²) in [5.74, 6) is -0.872. The number of ether oxygens (including phenoxy) is 3. The summed E-state index contributed by atoms with van der Waals surface area (Å²) in [6, 6.07) is 10.8. The van der Waals surface area contributed by atoms with Gasteiger partial charge in [0, 0.05) is 111 Å². The van der Waals surface area contributed by atoms with Crippen LogP contribution in [0, 0.1) is 16.7 Å². The lowest BCUT2D eigenvalue weighted by Gasteiger charge is -2.42. The number of rotatable bonds is 10. The number of esters is 1. The molecule has 0 radical (unpaired) electrons. The van der Waals surface area contributed by atoms with Crippen LogP contribution < -0.4 is 10.7 Å². The molecule has 7 aliphatic heterocycles. The van der Waals surface area contributed by atoms with Crippen LogP contribution in [0.4, 0.5) is 9.18 Å². The number of methoxy groups -OCH3 is 1. The van der Waals surface area contributed by atoms with E-state index in [0.717, 1.165) is 109 Å². The van der Waals surface area contributed by atoms with E-state index in [4.69, 9.17) is 19.2 Å². The molecule has 1 saturated carbocycles. The predicted molar refractivity (Wildman–Crippen MR) is 313 cm³/mol. The largest absolute Gasteiger partial charge is 0.464 e. The number of likely N-dealkylation sites (tertiary alicyclic amines) is 2. The van der Waals surface area contributed by atoms with Crippen molar-refractivity contribution in [2.24, 2.45) is 21.7 Å². The van der Waals surface area contributed by atoms with E-state index in [1.54, 1.807) is 7.11 Å². The molecule has 8 heterocycles. The first-order valence-corrected chi connectivity index (χ1v) is 30.7. The van der Waals surface area contributed by atoms with Gasteiger partial charge in [0.15, 0.2) is 0 Å². The number of hydrogen-bond donors (Lipinski definition) is 2. The van der Waals surface area contributed by atoms with Crippen molar-refractivity contribution in [2.75, 3.05) is 72.6 Å². The highest BCUT2D eigenvalue weighted by Gasteiger charge is 2.50. The molecule has 3 amide bonds. The molecule has 440 valence electrons. The molecular weight excluding hydrogens is 1030 g/mol. The van der Waals surface area contributed by atoms with Crippen molar-refractivity contribution in [1.29, 1.82) is 0 Å². The zero-order valence-corrected chi connectivity index (χ0v) is 49.6. The number of carbonyl (C=O) groups excluding carboxylic acids is 4. The SMILES string of the molecule is CCn1c(C2=C([C@H](C)OC)N=CC(N3CCN4CCC[C@@H]4C3)C2)c2c3cc(ccc31)-c1cc(CF)cc(c1)C[C@H](NC(=O)[C@H](C1CCCC1)N1CC[C@]3(CCN(C(=O)OC(C)(C)C)C3)C1)C(=O)N1CCC[C@H](N1)C(=O)OCC(C)(C)C2. The summed E-state index contributed by atoms with van der Waals surface area (Å²) in [6.07, 6.45) is 12.2. The van der Waals surface area contributed by atoms with Crippen molar-refractivity contribution in [3.63, 3.8) is 0 Å². The summed E-state index contributed by atoms with van der Waals surface area (Å²) in [6.45, 7) is 21.5. The molecular formula is C64H90FN9O7. The number of fused-ring (bicyclic) bond motifs is 7. The Hall–Kier alpha value is -5.20. The number of nitrogens with one attached hydrogen (secondary N) is 2. The van der Waals surface area contributed by atoms with Crippen LogP contribution >= 0.6 is 0 Å². The summed E-state index contributed by atoms with van der Waals surface area (Å²) >= 11 is 0. The first kappa shape index (κ1) is 57.6. The third kappa shape index (κ3) is 12.1. The molecule has 1 aliphatic carbocycles. The van der Waals surface area contributed by atoms with Crippen LogP contribution in [0.5, 0.6) is 0 Å². The number of halogens is 1. The Morgan fingerprint density at radius 3 is 2.46 bits per heavy atom. The van der Waals surface area contributed by atoms with Crippen molar-refractivity contribution in [1.82, 2.24) is 39.9 Å². The maximum atomic E-state index is 15.3. The highest BCUT2D eigenvalue weighted by atomic mass is 19.1. The Kier molecular flexibility index (Phi) is 16.7. The van der Waals surface area contributed by atoms with Crippen LogP contribution in [0.15, 0.2) is 47.1 Å². The number of cyclic esters (lactones) is 1. The maximum absolute atomic E-state index is 15.3. The fourth-order valence-electron chi connectivity index (χ4n) is 15.2. The molecule has 6 fully saturated rings. The summed E-state index contributed by atoms with van der Waals surface area (Å²) in [4.78, 5) is 72.9. The first-order chi connectivity index (χ1) is 38.8. The van der Waals surface area contributed by atoms with E-state index in [9.17, 15) is 9.59 Å². The molecule has 7 atom stereocenters. The quantitative estimate of drug-likeness (QED) is 0.188. The predicted octanol–water partition coefficient (Wildman–Crippen LogP) is 8.71. The van der Waals surface area contributed by atoms with Crippen LogP contribution in [-0.2, 0) is 54.7 Å². The number of aromatic nitrogens is 1. The van der Waals surface area contributed by atoms with Gasteiger partial charge in [0.1, 0.15) is 24.4 Å². The number of carbonyl (C=O) groups is 4. The lowest BCUT2D eigenvalue weighted by Crippen LogP contribution is -2.62. The number of aryl methyl sites for hydroxylation is 1. The average molecular weight is 1120 g/mol. The van der Waals surface area contributed by atoms with Gasteiger partial charge in [-0.1, -0.05) is 44.9 Å². The van der Waals surface area contributed by atoms with Crippen molar-refractivity contribution in [3.8, 4) is 11.1 Å². The molecule has 1 aromatic heterocycles. The Morgan fingerprint density at radius 2 is 1.69 bits per heavy atom. The molecule has 8 aliphatic rings. The minimum atomic E-state index is -1.04. The molecule has 2 N–H and O–H groups in total. The summed E-state index contributed by atoms with van der Waals surface area (Å²) in [5, 5.41) is 5.90. The van der Waals surface area contributed by atoms with Gasteiger partial charge in [0.25, 0.3) is 5.91 Å². The van der Waals surface area contributed by atoms with E-state index in [1.165, 1.54) is 30.0 Å². The van der Waals surface area contributed by atoms with Gasteiger partial charge in [-0.2, -0.15) is 0 Å². The number of hydrogen-bond acceptors (Lipinski definition) is 12. The standard InChI is InChI=1S/C64H90FN9O7/c1-9-73-54-19-18-45-32-49(54)51(57(73)50-33-48(36-66-55(50)41(2)79-8)70-27-26-69-22-12-16-47(69)37-70)34-63(6,7)40-80-60(77)52-17-13-23-74(68-52)59(76)53(31-42-28-43(35-65)30-46(45)29-42)67-58(75)56(44-14-10-11-15-44)71-24-20-64(38-71)21-25-72(39-64)61(78)81-62(3,4)5/h18-19,28-30,32,36,41,44,47-48,52-53,56,68H,9-17,20-27,31,33-35,37-40H2,1-8H3,(H,67,75)/t41-,47+,48?,52-,53-,56-,64-/m0/s1. The lowest BCUT2D eigenvalue weighted by atomic mass is 9.83. The molecule has 3 aromatic rings. The van der Waals surface area contributed by atoms with Crippen LogP contribution in [-0.4, -0.2) is 174 Å². The Morgan fingerprint density at radius 1 is 0.914 bits per heavy atom. The second-order valence-electron chi connectivity index (χ2n) is 27.0. The van der Waals surface area contributed by atoms with Crippen LogP contribution in [0.1, 0.15) is 141 Å². The van der Waals surface area contributed by atoms with Crippen molar-refractivity contribution >= 4 is 46.6 Å². The van der Waals surface area contributed by atoms with Gasteiger partial charge >= 0.3 is 12.1 Å². The van der Waals surface area contributed by atoms with Gasteiger partial charge in [-0.05, 0) is 164 Å². The minimum absolute atomic E-state index is 0.102. The van der Waals surface area contributed by atoms with E-state index in [2.05, 4.69) is 88.2 Å². The summed E-state index contributed by atoms with van der Waals surface area (Å²) in [5.41, 5.74) is 10.4. The molecule has 11 rings (SSSR count). The van der Waals surface area contributed by atoms with Gasteiger partial charge in [-0.15, -0.1) is 0 Å². The monoisotopic (exact) mass is 1120 g/mol. The third-order valence-corrected chi connectivity index (χ3v) is 19.4. The average Bonchev–Trinajstić information content (AvgIpc) is 3.67. The Labute approximate surface area is 479 Å². The number of piperazine rings is 1. The van der Waals surface area contributed by atoms with Crippen molar-refractivity contribution in [2.45, 2.75) is 187 Å². The fourth-order valence-corrected chi connectivity index (χ4v) is 15.2. The van der Waals surface area contributed by atoms with E-state index in [-0.39, 0.29) is 54.4 Å². The lowest BCUT2D eigenvalue weighted by molar-refractivity contribution is -0.155. The smallest absolute Gasteiger partial charge is 0.410 e. The number of nitrogens with zero attached hydrogens (tertiary/aromatic N) is 7. The second-order valence-corrected chi connectivity index (χ2v) is 27.0. The second kappa shape index (κ2) is 23.5. The first-order valence-electron chi connectivity index (χ1n) is 30.7. The number of hydrazine groups is 1. The number of alkyl halides is 1. The van der Waals surface area contributed by atoms with E-state index in [1.807, 2.05) is 37.8 Å². The minimum Gasteiger partial charge on any atom is -0.464 e. The zero-order chi connectivity index (χ0) is 57.0. The van der Waals surface area contributed by atoms with Crippen LogP contribution in [0.25, 0.3) is 27.6 Å². The zero-order valence-electron chi connectivity index (χ0n) is 49.6. The number of benzene rings is 2. The molecule has 6 bridgehead atoms. The van der Waals surface area contributed by atoms with Gasteiger partial charge in [0.2, 0.25) is 5.91 Å².